The first-order valence-electron chi connectivity index (χ1n) is 7.01. The number of nitriles is 1. The van der Waals surface area contributed by atoms with Crippen molar-refractivity contribution in [2.45, 2.75) is 18.9 Å². The summed E-state index contributed by atoms with van der Waals surface area (Å²) in [5.41, 5.74) is 9.18. The van der Waals surface area contributed by atoms with E-state index in [1.165, 1.54) is 5.56 Å². The molecule has 2 aromatic rings. The average Bonchev–Trinajstić information content (AvgIpc) is 2.98. The second-order valence-corrected chi connectivity index (χ2v) is 5.72. The largest absolute Gasteiger partial charge is 0.398 e. The van der Waals surface area contributed by atoms with Gasteiger partial charge in [0.1, 0.15) is 6.07 Å². The first-order valence-corrected chi connectivity index (χ1v) is 7.38. The highest BCUT2D eigenvalue weighted by Gasteiger charge is 2.26. The van der Waals surface area contributed by atoms with E-state index in [2.05, 4.69) is 23.1 Å². The summed E-state index contributed by atoms with van der Waals surface area (Å²) < 4.78 is 0. The Balaban J connectivity index is 1.94. The Bertz CT molecular complexity index is 688. The molecular weight excluding hydrogens is 282 g/mol. The molecule has 2 aromatic carbocycles. The summed E-state index contributed by atoms with van der Waals surface area (Å²) in [4.78, 5) is 2.34. The van der Waals surface area contributed by atoms with Crippen LogP contribution in [0.2, 0.25) is 5.02 Å². The van der Waals surface area contributed by atoms with Crippen molar-refractivity contribution in [2.75, 3.05) is 17.2 Å². The molecule has 0 unspecified atom stereocenters. The van der Waals surface area contributed by atoms with Crippen LogP contribution in [0.1, 0.15) is 30.0 Å². The van der Waals surface area contributed by atoms with Crippen LogP contribution in [0.15, 0.2) is 42.5 Å². The molecule has 0 radical (unpaired) electrons. The predicted octanol–water partition coefficient (Wildman–Crippen LogP) is 4.14. The molecule has 1 aliphatic rings. The Kier molecular flexibility index (Phi) is 3.72. The Morgan fingerprint density at radius 1 is 1.19 bits per heavy atom. The Labute approximate surface area is 129 Å². The Morgan fingerprint density at radius 3 is 2.67 bits per heavy atom. The van der Waals surface area contributed by atoms with Gasteiger partial charge in [-0.2, -0.15) is 5.26 Å². The summed E-state index contributed by atoms with van der Waals surface area (Å²) in [5.74, 6) is 0. The van der Waals surface area contributed by atoms with Crippen molar-refractivity contribution in [3.05, 3.63) is 58.6 Å². The first kappa shape index (κ1) is 13.8. The smallest absolute Gasteiger partial charge is 0.101 e. The van der Waals surface area contributed by atoms with E-state index in [0.29, 0.717) is 17.3 Å². The van der Waals surface area contributed by atoms with Crippen molar-refractivity contribution in [2.24, 2.45) is 0 Å². The number of nitrogen functional groups attached to an aromatic ring is 1. The lowest BCUT2D eigenvalue weighted by Gasteiger charge is -2.27. The van der Waals surface area contributed by atoms with E-state index in [0.717, 1.165) is 30.1 Å². The second-order valence-electron chi connectivity index (χ2n) is 5.29. The molecule has 3 nitrogen and oxygen atoms in total. The van der Waals surface area contributed by atoms with Gasteiger partial charge < -0.3 is 10.6 Å². The third-order valence-corrected chi connectivity index (χ3v) is 4.25. The summed E-state index contributed by atoms with van der Waals surface area (Å²) in [6.45, 7) is 0.988. The number of rotatable bonds is 2. The fraction of sp³-hybridized carbons (Fsp3) is 0.235. The fourth-order valence-corrected chi connectivity index (χ4v) is 3.05. The third-order valence-electron chi connectivity index (χ3n) is 4.00. The monoisotopic (exact) mass is 297 g/mol. The number of nitrogens with two attached hydrogens (primary N) is 1. The van der Waals surface area contributed by atoms with Gasteiger partial charge in [-0.25, -0.2) is 0 Å². The van der Waals surface area contributed by atoms with E-state index in [1.54, 1.807) is 0 Å². The minimum atomic E-state index is 0.331. The van der Waals surface area contributed by atoms with Gasteiger partial charge in [-0.3, -0.25) is 0 Å². The van der Waals surface area contributed by atoms with Crippen molar-refractivity contribution >= 4 is 23.0 Å². The molecule has 1 saturated heterocycles. The van der Waals surface area contributed by atoms with Crippen LogP contribution in [0.25, 0.3) is 0 Å². The molecule has 0 aromatic heterocycles. The van der Waals surface area contributed by atoms with Gasteiger partial charge in [-0.05, 0) is 48.7 Å². The molecule has 21 heavy (non-hydrogen) atoms. The predicted molar refractivity (Wildman–Crippen MR) is 86.3 cm³/mol. The number of anilines is 2. The van der Waals surface area contributed by atoms with Gasteiger partial charge in [-0.1, -0.05) is 23.7 Å². The van der Waals surface area contributed by atoms with E-state index in [9.17, 15) is 0 Å². The molecule has 1 fully saturated rings. The molecule has 4 heteroatoms. The molecule has 2 N–H and O–H groups in total. The van der Waals surface area contributed by atoms with Crippen molar-refractivity contribution in [3.8, 4) is 6.07 Å². The highest BCUT2D eigenvalue weighted by Crippen LogP contribution is 2.37. The molecule has 106 valence electrons. The van der Waals surface area contributed by atoms with Crippen LogP contribution in [0, 0.1) is 11.3 Å². The second kappa shape index (κ2) is 5.67. The molecule has 1 aliphatic heterocycles. The highest BCUT2D eigenvalue weighted by molar-refractivity contribution is 6.30. The molecule has 3 rings (SSSR count). The lowest BCUT2D eigenvalue weighted by atomic mass is 10.0. The normalized spacial score (nSPS) is 17.7. The van der Waals surface area contributed by atoms with Gasteiger partial charge in [0.25, 0.3) is 0 Å². The van der Waals surface area contributed by atoms with Crippen LogP contribution in [-0.2, 0) is 0 Å². The third kappa shape index (κ3) is 2.68. The topological polar surface area (TPSA) is 53.0 Å². The maximum absolute atomic E-state index is 9.14. The summed E-state index contributed by atoms with van der Waals surface area (Å²) in [6, 6.07) is 16.2. The maximum Gasteiger partial charge on any atom is 0.101 e. The van der Waals surface area contributed by atoms with Gasteiger partial charge in [0.05, 0.1) is 11.6 Å². The van der Waals surface area contributed by atoms with Gasteiger partial charge in [-0.15, -0.1) is 0 Å². The number of nitrogens with zero attached hydrogens (tertiary/aromatic N) is 2. The van der Waals surface area contributed by atoms with E-state index in [-0.39, 0.29) is 0 Å². The van der Waals surface area contributed by atoms with Crippen LogP contribution in [0.3, 0.4) is 0 Å². The van der Waals surface area contributed by atoms with Crippen LogP contribution < -0.4 is 10.6 Å². The molecular formula is C17H16ClN3. The average molecular weight is 298 g/mol. The van der Waals surface area contributed by atoms with Crippen LogP contribution in [0.5, 0.6) is 0 Å². The molecule has 0 bridgehead atoms. The first-order chi connectivity index (χ1) is 10.2. The van der Waals surface area contributed by atoms with Gasteiger partial charge in [0.2, 0.25) is 0 Å². The van der Waals surface area contributed by atoms with Crippen LogP contribution in [-0.4, -0.2) is 6.54 Å². The molecule has 0 amide bonds. The minimum absolute atomic E-state index is 0.331. The van der Waals surface area contributed by atoms with Crippen molar-refractivity contribution in [3.63, 3.8) is 0 Å². The summed E-state index contributed by atoms with van der Waals surface area (Å²) in [5, 5.41) is 9.89. The summed E-state index contributed by atoms with van der Waals surface area (Å²) in [6.07, 6.45) is 2.24. The van der Waals surface area contributed by atoms with Crippen molar-refractivity contribution in [1.82, 2.24) is 0 Å². The molecule has 0 spiro atoms. The van der Waals surface area contributed by atoms with E-state index in [1.807, 2.05) is 30.3 Å². The lowest BCUT2D eigenvalue weighted by Crippen LogP contribution is -2.22. The van der Waals surface area contributed by atoms with Crippen LogP contribution in [0.4, 0.5) is 11.4 Å². The van der Waals surface area contributed by atoms with Crippen LogP contribution >= 0.6 is 11.6 Å². The Hall–Kier alpha value is -2.18. The maximum atomic E-state index is 9.14. The zero-order valence-corrected chi connectivity index (χ0v) is 12.3. The van der Waals surface area contributed by atoms with Gasteiger partial charge in [0, 0.05) is 22.9 Å². The molecule has 1 atom stereocenters. The summed E-state index contributed by atoms with van der Waals surface area (Å²) >= 11 is 5.97. The fourth-order valence-electron chi connectivity index (χ4n) is 2.93. The van der Waals surface area contributed by atoms with Crippen molar-refractivity contribution < 1.29 is 0 Å². The number of benzene rings is 2. The lowest BCUT2D eigenvalue weighted by molar-refractivity contribution is 0.719. The standard InChI is InChI=1S/C17H16ClN3/c18-14-5-3-12(4-6-14)17-2-1-9-21(17)15-7-8-16(20)13(10-15)11-19/h3-8,10,17H,1-2,9,20H2/t17-/m1/s1. The molecule has 0 saturated carbocycles. The van der Waals surface area contributed by atoms with Gasteiger partial charge >= 0.3 is 0 Å². The van der Waals surface area contributed by atoms with Gasteiger partial charge in [0.15, 0.2) is 0 Å². The molecule has 0 aliphatic carbocycles. The number of halogens is 1. The number of hydrogen-bond acceptors (Lipinski definition) is 3. The van der Waals surface area contributed by atoms with E-state index in [4.69, 9.17) is 22.6 Å². The highest BCUT2D eigenvalue weighted by atomic mass is 35.5. The quantitative estimate of drug-likeness (QED) is 0.848. The Morgan fingerprint density at radius 2 is 1.95 bits per heavy atom. The zero-order chi connectivity index (χ0) is 14.8. The molecule has 1 heterocycles. The van der Waals surface area contributed by atoms with E-state index < -0.39 is 0 Å². The number of hydrogen-bond donors (Lipinski definition) is 1. The van der Waals surface area contributed by atoms with E-state index >= 15 is 0 Å². The minimum Gasteiger partial charge on any atom is -0.398 e. The SMILES string of the molecule is N#Cc1cc(N2CCC[C@@H]2c2ccc(Cl)cc2)ccc1N. The zero-order valence-electron chi connectivity index (χ0n) is 11.6. The summed E-state index contributed by atoms with van der Waals surface area (Å²) in [7, 11) is 0. The van der Waals surface area contributed by atoms with Crippen molar-refractivity contribution in [1.29, 1.82) is 5.26 Å².